The average molecular weight is 291 g/mol. The number of ether oxygens (including phenoxy) is 1. The maximum Gasteiger partial charge on any atom is 0.237 e. The highest BCUT2D eigenvalue weighted by molar-refractivity contribution is 7.98. The van der Waals surface area contributed by atoms with Gasteiger partial charge in [-0.1, -0.05) is 5.16 Å². The second kappa shape index (κ2) is 5.75. The Morgan fingerprint density at radius 2 is 2.30 bits per heavy atom. The van der Waals surface area contributed by atoms with Crippen LogP contribution >= 0.6 is 11.8 Å². The number of rotatable bonds is 6. The molecule has 0 saturated heterocycles. The van der Waals surface area contributed by atoms with Crippen molar-refractivity contribution >= 4 is 17.4 Å². The fourth-order valence-corrected chi connectivity index (χ4v) is 2.70. The lowest BCUT2D eigenvalue weighted by atomic mass is 10.3. The molecule has 0 bridgehead atoms. The first-order chi connectivity index (χ1) is 9.76. The van der Waals surface area contributed by atoms with Gasteiger partial charge in [0.05, 0.1) is 12.4 Å². The van der Waals surface area contributed by atoms with Crippen molar-refractivity contribution in [3.63, 3.8) is 0 Å². The average Bonchev–Trinajstić information content (AvgIpc) is 3.19. The molecular weight excluding hydrogens is 274 g/mol. The van der Waals surface area contributed by atoms with Crippen LogP contribution in [-0.4, -0.2) is 16.7 Å². The topological polar surface area (TPSA) is 74.2 Å². The molecule has 20 heavy (non-hydrogen) atoms. The predicted molar refractivity (Wildman–Crippen MR) is 77.9 cm³/mol. The molecule has 5 nitrogen and oxygen atoms in total. The molecule has 1 fully saturated rings. The van der Waals surface area contributed by atoms with Gasteiger partial charge in [-0.15, -0.1) is 11.8 Å². The third kappa shape index (κ3) is 3.07. The molecule has 1 aliphatic carbocycles. The molecule has 0 spiro atoms. The summed E-state index contributed by atoms with van der Waals surface area (Å²) in [6, 6.07) is 5.68. The van der Waals surface area contributed by atoms with E-state index in [0.29, 0.717) is 24.2 Å². The number of hydrogen-bond donors (Lipinski definition) is 1. The van der Waals surface area contributed by atoms with Crippen LogP contribution in [0.5, 0.6) is 5.75 Å². The summed E-state index contributed by atoms with van der Waals surface area (Å²) < 4.78 is 10.7. The van der Waals surface area contributed by atoms with E-state index < -0.39 is 0 Å². The molecule has 0 unspecified atom stereocenters. The summed E-state index contributed by atoms with van der Waals surface area (Å²) in [6.45, 7) is 2.60. The first-order valence-electron chi connectivity index (χ1n) is 6.74. The van der Waals surface area contributed by atoms with Crippen molar-refractivity contribution in [1.29, 1.82) is 0 Å². The van der Waals surface area contributed by atoms with E-state index in [2.05, 4.69) is 10.1 Å². The van der Waals surface area contributed by atoms with Crippen molar-refractivity contribution in [2.45, 2.75) is 36.3 Å². The zero-order chi connectivity index (χ0) is 13.9. The number of nitrogen functional groups attached to an aromatic ring is 1. The lowest BCUT2D eigenvalue weighted by molar-refractivity contribution is 0.339. The Bertz CT molecular complexity index is 596. The van der Waals surface area contributed by atoms with Crippen molar-refractivity contribution in [2.75, 3.05) is 12.3 Å². The van der Waals surface area contributed by atoms with Gasteiger partial charge in [0.25, 0.3) is 0 Å². The van der Waals surface area contributed by atoms with Crippen molar-refractivity contribution in [2.24, 2.45) is 0 Å². The lowest BCUT2D eigenvalue weighted by Gasteiger charge is -2.07. The van der Waals surface area contributed by atoms with E-state index in [1.54, 1.807) is 11.8 Å². The number of nitrogens with two attached hydrogens (primary N) is 1. The number of nitrogens with zero attached hydrogens (tertiary/aromatic N) is 2. The molecular formula is C14H17N3O2S. The molecule has 2 aromatic rings. The van der Waals surface area contributed by atoms with Gasteiger partial charge < -0.3 is 15.0 Å². The van der Waals surface area contributed by atoms with Gasteiger partial charge in [-0.2, -0.15) is 4.98 Å². The Morgan fingerprint density at radius 1 is 1.45 bits per heavy atom. The van der Waals surface area contributed by atoms with E-state index in [1.165, 1.54) is 12.8 Å². The number of anilines is 1. The molecule has 1 aliphatic rings. The second-order valence-electron chi connectivity index (χ2n) is 4.74. The maximum atomic E-state index is 5.97. The van der Waals surface area contributed by atoms with Crippen LogP contribution in [0.4, 0.5) is 5.69 Å². The molecule has 1 aromatic heterocycles. The summed E-state index contributed by atoms with van der Waals surface area (Å²) in [6.07, 6.45) is 2.35. The number of thioether (sulfide) groups is 1. The van der Waals surface area contributed by atoms with E-state index in [0.717, 1.165) is 22.2 Å². The number of hydrogen-bond acceptors (Lipinski definition) is 6. The van der Waals surface area contributed by atoms with E-state index in [9.17, 15) is 0 Å². The van der Waals surface area contributed by atoms with Crippen LogP contribution < -0.4 is 10.5 Å². The standard InChI is InChI=1S/C14H17N3O2S/c1-2-18-10-5-6-11(15)12(7-10)20-8-13-16-14(17-19-13)9-3-4-9/h5-7,9H,2-4,8,15H2,1H3. The summed E-state index contributed by atoms with van der Waals surface area (Å²) in [5, 5.41) is 4.00. The van der Waals surface area contributed by atoms with Crippen molar-refractivity contribution in [1.82, 2.24) is 10.1 Å². The van der Waals surface area contributed by atoms with Crippen LogP contribution in [0.1, 0.15) is 37.4 Å². The van der Waals surface area contributed by atoms with Crippen LogP contribution in [0.15, 0.2) is 27.6 Å². The van der Waals surface area contributed by atoms with Gasteiger partial charge in [-0.3, -0.25) is 0 Å². The molecule has 3 rings (SSSR count). The molecule has 0 aliphatic heterocycles. The highest BCUT2D eigenvalue weighted by atomic mass is 32.2. The first kappa shape index (κ1) is 13.3. The Kier molecular flexibility index (Phi) is 3.82. The monoisotopic (exact) mass is 291 g/mol. The van der Waals surface area contributed by atoms with Gasteiger partial charge in [0, 0.05) is 16.5 Å². The van der Waals surface area contributed by atoms with Gasteiger partial charge in [0.1, 0.15) is 5.75 Å². The van der Waals surface area contributed by atoms with Gasteiger partial charge >= 0.3 is 0 Å². The van der Waals surface area contributed by atoms with Crippen LogP contribution in [0.3, 0.4) is 0 Å². The molecule has 1 heterocycles. The van der Waals surface area contributed by atoms with Gasteiger partial charge in [0.2, 0.25) is 5.89 Å². The van der Waals surface area contributed by atoms with Crippen LogP contribution in [-0.2, 0) is 5.75 Å². The minimum Gasteiger partial charge on any atom is -0.494 e. The van der Waals surface area contributed by atoms with E-state index in [1.807, 2.05) is 25.1 Å². The van der Waals surface area contributed by atoms with Crippen LogP contribution in [0, 0.1) is 0 Å². The first-order valence-corrected chi connectivity index (χ1v) is 7.72. The van der Waals surface area contributed by atoms with Gasteiger partial charge in [-0.05, 0) is 38.0 Å². The Hall–Kier alpha value is -1.69. The highest BCUT2D eigenvalue weighted by Gasteiger charge is 2.28. The summed E-state index contributed by atoms with van der Waals surface area (Å²) in [5.74, 6) is 3.46. The zero-order valence-electron chi connectivity index (χ0n) is 11.3. The van der Waals surface area contributed by atoms with Gasteiger partial charge in [-0.25, -0.2) is 0 Å². The minimum atomic E-state index is 0.517. The molecule has 1 aromatic carbocycles. The van der Waals surface area contributed by atoms with Crippen molar-refractivity contribution in [3.8, 4) is 5.75 Å². The highest BCUT2D eigenvalue weighted by Crippen LogP contribution is 2.38. The molecule has 106 valence electrons. The largest absolute Gasteiger partial charge is 0.494 e. The Morgan fingerprint density at radius 3 is 3.05 bits per heavy atom. The van der Waals surface area contributed by atoms with Crippen molar-refractivity contribution in [3.05, 3.63) is 29.9 Å². The fourth-order valence-electron chi connectivity index (χ4n) is 1.87. The summed E-state index contributed by atoms with van der Waals surface area (Å²) in [7, 11) is 0. The molecule has 0 amide bonds. The third-order valence-electron chi connectivity index (χ3n) is 3.07. The lowest BCUT2D eigenvalue weighted by Crippen LogP contribution is -1.94. The number of aromatic nitrogens is 2. The molecule has 1 saturated carbocycles. The summed E-state index contributed by atoms with van der Waals surface area (Å²) >= 11 is 1.58. The van der Waals surface area contributed by atoms with E-state index in [4.69, 9.17) is 15.0 Å². The maximum absolute atomic E-state index is 5.97. The summed E-state index contributed by atoms with van der Waals surface area (Å²) in [5.41, 5.74) is 6.71. The van der Waals surface area contributed by atoms with E-state index >= 15 is 0 Å². The molecule has 2 N–H and O–H groups in total. The van der Waals surface area contributed by atoms with Crippen molar-refractivity contribution < 1.29 is 9.26 Å². The zero-order valence-corrected chi connectivity index (χ0v) is 12.2. The molecule has 0 radical (unpaired) electrons. The third-order valence-corrected chi connectivity index (χ3v) is 4.13. The second-order valence-corrected chi connectivity index (χ2v) is 5.76. The SMILES string of the molecule is CCOc1ccc(N)c(SCc2nc(C3CC3)no2)c1. The Labute approximate surface area is 121 Å². The minimum absolute atomic E-state index is 0.517. The number of benzene rings is 1. The molecule has 0 atom stereocenters. The van der Waals surface area contributed by atoms with Gasteiger partial charge in [0.15, 0.2) is 5.82 Å². The van der Waals surface area contributed by atoms with Crippen LogP contribution in [0.25, 0.3) is 0 Å². The summed E-state index contributed by atoms with van der Waals surface area (Å²) in [4.78, 5) is 5.38. The smallest absolute Gasteiger partial charge is 0.237 e. The van der Waals surface area contributed by atoms with E-state index in [-0.39, 0.29) is 0 Å². The quantitative estimate of drug-likeness (QED) is 0.650. The normalized spacial score (nSPS) is 14.4. The van der Waals surface area contributed by atoms with Crippen LogP contribution in [0.2, 0.25) is 0 Å². The fraction of sp³-hybridized carbons (Fsp3) is 0.429. The molecule has 6 heteroatoms. The predicted octanol–water partition coefficient (Wildman–Crippen LogP) is 3.22. The Balaban J connectivity index is 1.65.